The molecular weight excluding hydrogens is 168 g/mol. The minimum absolute atomic E-state index is 0.348. The summed E-state index contributed by atoms with van der Waals surface area (Å²) >= 11 is 0. The van der Waals surface area contributed by atoms with Crippen molar-refractivity contribution in [3.63, 3.8) is 0 Å². The van der Waals surface area contributed by atoms with Crippen molar-refractivity contribution in [2.45, 2.75) is 52.2 Å². The molecule has 0 aromatic heterocycles. The van der Waals surface area contributed by atoms with E-state index >= 15 is 0 Å². The lowest BCUT2D eigenvalue weighted by Gasteiger charge is -2.13. The Morgan fingerprint density at radius 1 is 1.23 bits per heavy atom. The summed E-state index contributed by atoms with van der Waals surface area (Å²) in [4.78, 5) is 10.0. The van der Waals surface area contributed by atoms with Gasteiger partial charge in [-0.2, -0.15) is 0 Å². The van der Waals surface area contributed by atoms with Crippen LogP contribution in [0.15, 0.2) is 0 Å². The van der Waals surface area contributed by atoms with Gasteiger partial charge in [0.15, 0.2) is 0 Å². The van der Waals surface area contributed by atoms with Gasteiger partial charge in [0.2, 0.25) is 6.29 Å². The van der Waals surface area contributed by atoms with Crippen LogP contribution in [0.4, 0.5) is 0 Å². The highest BCUT2D eigenvalue weighted by molar-refractivity contribution is 5.37. The van der Waals surface area contributed by atoms with Gasteiger partial charge in [0.25, 0.3) is 6.47 Å². The van der Waals surface area contributed by atoms with E-state index in [0.717, 1.165) is 6.42 Å². The molecule has 0 aliphatic heterocycles. The van der Waals surface area contributed by atoms with Crippen LogP contribution in [0.1, 0.15) is 46.0 Å². The SMILES string of the molecule is CCCCCCOC(CC)OC=O. The fourth-order valence-electron chi connectivity index (χ4n) is 1.06. The maximum Gasteiger partial charge on any atom is 0.295 e. The van der Waals surface area contributed by atoms with Crippen molar-refractivity contribution in [2.75, 3.05) is 6.61 Å². The number of hydrogen-bond acceptors (Lipinski definition) is 3. The third-order valence-corrected chi connectivity index (χ3v) is 1.84. The van der Waals surface area contributed by atoms with Crippen LogP contribution in [-0.4, -0.2) is 19.4 Å². The first-order chi connectivity index (χ1) is 6.35. The van der Waals surface area contributed by atoms with Gasteiger partial charge in [0.1, 0.15) is 0 Å². The van der Waals surface area contributed by atoms with Crippen LogP contribution in [0.5, 0.6) is 0 Å². The van der Waals surface area contributed by atoms with Crippen LogP contribution in [0.2, 0.25) is 0 Å². The van der Waals surface area contributed by atoms with Crippen LogP contribution in [0.3, 0.4) is 0 Å². The average Bonchev–Trinajstić information content (AvgIpc) is 2.16. The van der Waals surface area contributed by atoms with Gasteiger partial charge in [-0.05, 0) is 6.42 Å². The largest absolute Gasteiger partial charge is 0.438 e. The van der Waals surface area contributed by atoms with Crippen molar-refractivity contribution < 1.29 is 14.3 Å². The third-order valence-electron chi connectivity index (χ3n) is 1.84. The summed E-state index contributed by atoms with van der Waals surface area (Å²) in [6.07, 6.45) is 5.07. The van der Waals surface area contributed by atoms with E-state index in [1.807, 2.05) is 6.92 Å². The van der Waals surface area contributed by atoms with E-state index in [4.69, 9.17) is 9.47 Å². The van der Waals surface area contributed by atoms with Gasteiger partial charge in [-0.15, -0.1) is 0 Å². The first kappa shape index (κ1) is 12.4. The molecule has 3 nitrogen and oxygen atoms in total. The van der Waals surface area contributed by atoms with Crippen molar-refractivity contribution in [3.05, 3.63) is 0 Å². The third kappa shape index (κ3) is 7.78. The highest BCUT2D eigenvalue weighted by Gasteiger charge is 2.04. The van der Waals surface area contributed by atoms with E-state index in [9.17, 15) is 4.79 Å². The number of rotatable bonds is 9. The van der Waals surface area contributed by atoms with E-state index in [-0.39, 0.29) is 6.29 Å². The maximum atomic E-state index is 10.0. The van der Waals surface area contributed by atoms with Gasteiger partial charge in [0.05, 0.1) is 6.61 Å². The highest BCUT2D eigenvalue weighted by Crippen LogP contribution is 2.03. The van der Waals surface area contributed by atoms with Gasteiger partial charge in [-0.25, -0.2) is 0 Å². The van der Waals surface area contributed by atoms with Crippen LogP contribution >= 0.6 is 0 Å². The van der Waals surface area contributed by atoms with E-state index in [1.165, 1.54) is 19.3 Å². The molecule has 0 rings (SSSR count). The summed E-state index contributed by atoms with van der Waals surface area (Å²) in [5, 5.41) is 0. The standard InChI is InChI=1S/C10H20O3/c1-3-5-6-7-8-12-10(4-2)13-9-11/h9-10H,3-8H2,1-2H3. The van der Waals surface area contributed by atoms with Crippen molar-refractivity contribution in [2.24, 2.45) is 0 Å². The molecule has 0 spiro atoms. The molecule has 0 aromatic rings. The molecule has 0 heterocycles. The summed E-state index contributed by atoms with van der Waals surface area (Å²) in [7, 11) is 0. The minimum Gasteiger partial charge on any atom is -0.438 e. The molecular formula is C10H20O3. The van der Waals surface area contributed by atoms with Crippen LogP contribution < -0.4 is 0 Å². The zero-order valence-electron chi connectivity index (χ0n) is 8.62. The Morgan fingerprint density at radius 3 is 2.54 bits per heavy atom. The molecule has 0 bridgehead atoms. The first-order valence-corrected chi connectivity index (χ1v) is 5.05. The molecule has 0 saturated carbocycles. The zero-order chi connectivity index (χ0) is 9.94. The Labute approximate surface area is 80.4 Å². The molecule has 0 aromatic carbocycles. The Kier molecular flexibility index (Phi) is 9.10. The van der Waals surface area contributed by atoms with E-state index in [0.29, 0.717) is 19.5 Å². The summed E-state index contributed by atoms with van der Waals surface area (Å²) in [6.45, 7) is 5.23. The van der Waals surface area contributed by atoms with Gasteiger partial charge in [-0.3, -0.25) is 4.79 Å². The van der Waals surface area contributed by atoms with Gasteiger partial charge < -0.3 is 9.47 Å². The molecule has 0 aliphatic rings. The van der Waals surface area contributed by atoms with Gasteiger partial charge in [0, 0.05) is 6.42 Å². The number of ether oxygens (including phenoxy) is 2. The lowest BCUT2D eigenvalue weighted by Crippen LogP contribution is -2.15. The topological polar surface area (TPSA) is 35.5 Å². The van der Waals surface area contributed by atoms with Crippen molar-refractivity contribution in [1.82, 2.24) is 0 Å². The second kappa shape index (κ2) is 9.52. The molecule has 0 saturated heterocycles. The van der Waals surface area contributed by atoms with Crippen LogP contribution in [-0.2, 0) is 14.3 Å². The molecule has 78 valence electrons. The Morgan fingerprint density at radius 2 is 2.00 bits per heavy atom. The quantitative estimate of drug-likeness (QED) is 0.317. The monoisotopic (exact) mass is 188 g/mol. The molecule has 3 heteroatoms. The zero-order valence-corrected chi connectivity index (χ0v) is 8.62. The molecule has 1 atom stereocenters. The fraction of sp³-hybridized carbons (Fsp3) is 0.900. The molecule has 0 fully saturated rings. The Hall–Kier alpha value is -0.570. The smallest absolute Gasteiger partial charge is 0.295 e. The summed E-state index contributed by atoms with van der Waals surface area (Å²) in [6, 6.07) is 0. The van der Waals surface area contributed by atoms with Crippen molar-refractivity contribution in [3.8, 4) is 0 Å². The van der Waals surface area contributed by atoms with Crippen LogP contribution in [0.25, 0.3) is 0 Å². The Balaban J connectivity index is 3.22. The van der Waals surface area contributed by atoms with Gasteiger partial charge in [-0.1, -0.05) is 33.1 Å². The minimum atomic E-state index is -0.348. The predicted octanol–water partition coefficient (Wildman–Crippen LogP) is 2.49. The summed E-state index contributed by atoms with van der Waals surface area (Å²) in [5.41, 5.74) is 0. The molecule has 0 aliphatic carbocycles. The molecule has 13 heavy (non-hydrogen) atoms. The highest BCUT2D eigenvalue weighted by atomic mass is 16.7. The number of carbonyl (C=O) groups is 1. The number of carbonyl (C=O) groups excluding carboxylic acids is 1. The molecule has 0 radical (unpaired) electrons. The molecule has 0 N–H and O–H groups in total. The summed E-state index contributed by atoms with van der Waals surface area (Å²) < 4.78 is 10.0. The van der Waals surface area contributed by atoms with Gasteiger partial charge >= 0.3 is 0 Å². The van der Waals surface area contributed by atoms with Crippen molar-refractivity contribution in [1.29, 1.82) is 0 Å². The first-order valence-electron chi connectivity index (χ1n) is 5.05. The fourth-order valence-corrected chi connectivity index (χ4v) is 1.06. The summed E-state index contributed by atoms with van der Waals surface area (Å²) in [5.74, 6) is 0. The second-order valence-corrected chi connectivity index (χ2v) is 3.00. The second-order valence-electron chi connectivity index (χ2n) is 3.00. The maximum absolute atomic E-state index is 10.0. The lowest BCUT2D eigenvalue weighted by atomic mass is 10.2. The normalized spacial score (nSPS) is 12.5. The Bertz CT molecular complexity index is 115. The van der Waals surface area contributed by atoms with Crippen molar-refractivity contribution >= 4 is 6.47 Å². The number of hydrogen-bond donors (Lipinski definition) is 0. The number of unbranched alkanes of at least 4 members (excludes halogenated alkanes) is 3. The van der Waals surface area contributed by atoms with E-state index < -0.39 is 0 Å². The average molecular weight is 188 g/mol. The predicted molar refractivity (Wildman–Crippen MR) is 51.3 cm³/mol. The molecule has 0 amide bonds. The van der Waals surface area contributed by atoms with E-state index in [2.05, 4.69) is 6.92 Å². The lowest BCUT2D eigenvalue weighted by molar-refractivity contribution is -0.164. The van der Waals surface area contributed by atoms with Crippen LogP contribution in [0, 0.1) is 0 Å². The van der Waals surface area contributed by atoms with E-state index in [1.54, 1.807) is 0 Å². The molecule has 1 unspecified atom stereocenters.